The maximum absolute atomic E-state index is 4.27. The molecule has 0 aliphatic heterocycles. The molecule has 1 fully saturated rings. The number of hydrogen-bond acceptors (Lipinski definition) is 2. The highest BCUT2D eigenvalue weighted by Crippen LogP contribution is 2.45. The summed E-state index contributed by atoms with van der Waals surface area (Å²) in [5, 5.41) is 11.1. The average molecular weight is 263 g/mol. The standard InChI is InChI=1S/C16H29N3/c1-11-14(12(2)19-18-11)9-17-13-7-15(3,4)10-16(5,6)8-13/h13,17H,7-10H2,1-6H3,(H,18,19). The Balaban J connectivity index is 2.00. The van der Waals surface area contributed by atoms with Gasteiger partial charge in [0.25, 0.3) is 0 Å². The minimum absolute atomic E-state index is 0.444. The Morgan fingerprint density at radius 1 is 1.16 bits per heavy atom. The van der Waals surface area contributed by atoms with Crippen molar-refractivity contribution in [1.29, 1.82) is 0 Å². The van der Waals surface area contributed by atoms with Crippen LogP contribution >= 0.6 is 0 Å². The van der Waals surface area contributed by atoms with Crippen molar-refractivity contribution in [2.45, 2.75) is 73.4 Å². The van der Waals surface area contributed by atoms with Crippen LogP contribution in [-0.4, -0.2) is 16.2 Å². The lowest BCUT2D eigenvalue weighted by Crippen LogP contribution is -2.43. The minimum Gasteiger partial charge on any atom is -0.310 e. The number of H-pyrrole nitrogens is 1. The summed E-state index contributed by atoms with van der Waals surface area (Å²) in [6.07, 6.45) is 3.86. The first-order valence-electron chi connectivity index (χ1n) is 7.42. The van der Waals surface area contributed by atoms with Crippen LogP contribution in [0.25, 0.3) is 0 Å². The second-order valence-corrected chi connectivity index (χ2v) is 7.90. The summed E-state index contributed by atoms with van der Waals surface area (Å²) in [5.41, 5.74) is 4.54. The number of nitrogens with one attached hydrogen (secondary N) is 2. The fourth-order valence-corrected chi connectivity index (χ4v) is 4.07. The highest BCUT2D eigenvalue weighted by atomic mass is 15.1. The second-order valence-electron chi connectivity index (χ2n) is 7.90. The monoisotopic (exact) mass is 263 g/mol. The molecule has 2 rings (SSSR count). The van der Waals surface area contributed by atoms with Crippen LogP contribution in [0.5, 0.6) is 0 Å². The number of aromatic amines is 1. The highest BCUT2D eigenvalue weighted by molar-refractivity contribution is 5.22. The van der Waals surface area contributed by atoms with E-state index in [1.807, 2.05) is 0 Å². The molecular weight excluding hydrogens is 234 g/mol. The van der Waals surface area contributed by atoms with Crippen LogP contribution in [0.4, 0.5) is 0 Å². The van der Waals surface area contributed by atoms with E-state index in [2.05, 4.69) is 57.1 Å². The molecule has 19 heavy (non-hydrogen) atoms. The largest absolute Gasteiger partial charge is 0.310 e. The molecule has 2 N–H and O–H groups in total. The summed E-state index contributed by atoms with van der Waals surface area (Å²) in [6.45, 7) is 14.7. The lowest BCUT2D eigenvalue weighted by atomic mass is 9.63. The Bertz CT molecular complexity index is 407. The Morgan fingerprint density at radius 3 is 2.21 bits per heavy atom. The fraction of sp³-hybridized carbons (Fsp3) is 0.812. The van der Waals surface area contributed by atoms with Crippen LogP contribution in [0.1, 0.15) is 63.9 Å². The molecule has 0 aromatic carbocycles. The van der Waals surface area contributed by atoms with Gasteiger partial charge in [0.15, 0.2) is 0 Å². The van der Waals surface area contributed by atoms with Gasteiger partial charge in [-0.25, -0.2) is 0 Å². The third kappa shape index (κ3) is 3.59. The van der Waals surface area contributed by atoms with E-state index in [0.29, 0.717) is 16.9 Å². The van der Waals surface area contributed by atoms with E-state index in [9.17, 15) is 0 Å². The van der Waals surface area contributed by atoms with Crippen LogP contribution < -0.4 is 5.32 Å². The molecule has 0 saturated heterocycles. The lowest BCUT2D eigenvalue weighted by molar-refractivity contribution is 0.0844. The molecular formula is C16H29N3. The van der Waals surface area contributed by atoms with E-state index >= 15 is 0 Å². The predicted octanol–water partition coefficient (Wildman–Crippen LogP) is 3.72. The van der Waals surface area contributed by atoms with E-state index in [1.165, 1.54) is 30.5 Å². The molecule has 0 bridgehead atoms. The van der Waals surface area contributed by atoms with Crippen LogP contribution in [0, 0.1) is 24.7 Å². The van der Waals surface area contributed by atoms with Gasteiger partial charge in [0.05, 0.1) is 5.69 Å². The number of hydrogen-bond donors (Lipinski definition) is 2. The third-order valence-electron chi connectivity index (χ3n) is 4.40. The SMILES string of the molecule is Cc1n[nH]c(C)c1CNC1CC(C)(C)CC(C)(C)C1. The minimum atomic E-state index is 0.444. The van der Waals surface area contributed by atoms with Gasteiger partial charge in [-0.3, -0.25) is 5.10 Å². The maximum atomic E-state index is 4.27. The van der Waals surface area contributed by atoms with Gasteiger partial charge in [0.2, 0.25) is 0 Å². The molecule has 3 nitrogen and oxygen atoms in total. The smallest absolute Gasteiger partial charge is 0.0638 e. The van der Waals surface area contributed by atoms with Gasteiger partial charge in [-0.2, -0.15) is 5.10 Å². The van der Waals surface area contributed by atoms with Crippen LogP contribution in [0.3, 0.4) is 0 Å². The van der Waals surface area contributed by atoms with Crippen molar-refractivity contribution in [3.63, 3.8) is 0 Å². The van der Waals surface area contributed by atoms with Gasteiger partial charge in [-0.1, -0.05) is 27.7 Å². The van der Waals surface area contributed by atoms with Crippen molar-refractivity contribution in [2.24, 2.45) is 10.8 Å². The van der Waals surface area contributed by atoms with Crippen molar-refractivity contribution >= 4 is 0 Å². The summed E-state index contributed by atoms with van der Waals surface area (Å²) < 4.78 is 0. The number of nitrogens with zero attached hydrogens (tertiary/aromatic N) is 1. The molecule has 1 aromatic rings. The Morgan fingerprint density at radius 2 is 1.74 bits per heavy atom. The average Bonchev–Trinajstić information content (AvgIpc) is 2.51. The van der Waals surface area contributed by atoms with Crippen molar-refractivity contribution in [3.8, 4) is 0 Å². The Labute approximate surface area is 117 Å². The van der Waals surface area contributed by atoms with E-state index in [0.717, 1.165) is 12.2 Å². The highest BCUT2D eigenvalue weighted by Gasteiger charge is 2.38. The molecule has 1 aliphatic rings. The summed E-state index contributed by atoms with van der Waals surface area (Å²) in [5.74, 6) is 0. The first-order valence-corrected chi connectivity index (χ1v) is 7.42. The van der Waals surface area contributed by atoms with Crippen LogP contribution in [0.2, 0.25) is 0 Å². The first kappa shape index (κ1) is 14.6. The van der Waals surface area contributed by atoms with Crippen molar-refractivity contribution in [2.75, 3.05) is 0 Å². The molecule has 1 aromatic heterocycles. The number of aryl methyl sites for hydroxylation is 2. The zero-order valence-corrected chi connectivity index (χ0v) is 13.4. The van der Waals surface area contributed by atoms with E-state index in [1.54, 1.807) is 0 Å². The molecule has 1 aliphatic carbocycles. The van der Waals surface area contributed by atoms with Gasteiger partial charge < -0.3 is 5.32 Å². The van der Waals surface area contributed by atoms with Crippen molar-refractivity contribution in [3.05, 3.63) is 17.0 Å². The molecule has 0 amide bonds. The molecule has 0 atom stereocenters. The second kappa shape index (κ2) is 4.93. The molecule has 1 saturated carbocycles. The quantitative estimate of drug-likeness (QED) is 0.872. The van der Waals surface area contributed by atoms with E-state index < -0.39 is 0 Å². The Hall–Kier alpha value is -0.830. The number of aromatic nitrogens is 2. The fourth-order valence-electron chi connectivity index (χ4n) is 4.07. The van der Waals surface area contributed by atoms with Gasteiger partial charge in [-0.05, 0) is 43.9 Å². The summed E-state index contributed by atoms with van der Waals surface area (Å²) in [6, 6.07) is 0.618. The van der Waals surface area contributed by atoms with Gasteiger partial charge in [0, 0.05) is 23.8 Å². The molecule has 0 unspecified atom stereocenters. The zero-order chi connectivity index (χ0) is 14.3. The Kier molecular flexibility index (Phi) is 3.78. The van der Waals surface area contributed by atoms with Crippen LogP contribution in [0.15, 0.2) is 0 Å². The number of rotatable bonds is 3. The first-order chi connectivity index (χ1) is 8.69. The molecule has 0 radical (unpaired) electrons. The van der Waals surface area contributed by atoms with Crippen molar-refractivity contribution in [1.82, 2.24) is 15.5 Å². The zero-order valence-electron chi connectivity index (χ0n) is 13.4. The summed E-state index contributed by atoms with van der Waals surface area (Å²) in [7, 11) is 0. The van der Waals surface area contributed by atoms with E-state index in [4.69, 9.17) is 0 Å². The van der Waals surface area contributed by atoms with Gasteiger partial charge in [-0.15, -0.1) is 0 Å². The van der Waals surface area contributed by atoms with Gasteiger partial charge >= 0.3 is 0 Å². The summed E-state index contributed by atoms with van der Waals surface area (Å²) >= 11 is 0. The van der Waals surface area contributed by atoms with Crippen molar-refractivity contribution < 1.29 is 0 Å². The van der Waals surface area contributed by atoms with E-state index in [-0.39, 0.29) is 0 Å². The van der Waals surface area contributed by atoms with Gasteiger partial charge in [0.1, 0.15) is 0 Å². The lowest BCUT2D eigenvalue weighted by Gasteiger charge is -2.45. The summed E-state index contributed by atoms with van der Waals surface area (Å²) in [4.78, 5) is 0. The topological polar surface area (TPSA) is 40.7 Å². The molecule has 1 heterocycles. The molecule has 108 valence electrons. The van der Waals surface area contributed by atoms with Crippen LogP contribution in [-0.2, 0) is 6.54 Å². The predicted molar refractivity (Wildman–Crippen MR) is 80.1 cm³/mol. The normalized spacial score (nSPS) is 22.6. The maximum Gasteiger partial charge on any atom is 0.0638 e. The molecule has 0 spiro atoms. The molecule has 3 heteroatoms. The third-order valence-corrected chi connectivity index (χ3v) is 4.40.